The van der Waals surface area contributed by atoms with E-state index in [1.807, 2.05) is 0 Å². The molecule has 0 unspecified atom stereocenters. The van der Waals surface area contributed by atoms with Crippen molar-refractivity contribution in [2.45, 2.75) is 11.5 Å². The number of hydrogen-bond donors (Lipinski definition) is 6. The summed E-state index contributed by atoms with van der Waals surface area (Å²) in [7, 11) is -3.80. The molecule has 16 heteroatoms. The third-order valence-electron chi connectivity index (χ3n) is 3.50. The summed E-state index contributed by atoms with van der Waals surface area (Å²) in [5.74, 6) is -3.47. The Bertz CT molecular complexity index is 1010. The number of carbonyl (C=O) groups excluding carboxylic acids is 5. The van der Waals surface area contributed by atoms with Crippen molar-refractivity contribution < 1.29 is 37.2 Å². The zero-order valence-corrected chi connectivity index (χ0v) is 18.0. The van der Waals surface area contributed by atoms with Crippen molar-refractivity contribution in [3.05, 3.63) is 29.8 Å². The molecule has 0 aliphatic carbocycles. The minimum absolute atomic E-state index is 0.0508. The van der Waals surface area contributed by atoms with Crippen LogP contribution in [-0.2, 0) is 45.4 Å². The summed E-state index contributed by atoms with van der Waals surface area (Å²) in [5, 5.41) is 17.2. The van der Waals surface area contributed by atoms with Crippen LogP contribution in [0.4, 0.5) is 0 Å². The molecule has 0 radical (unpaired) electrons. The largest absolute Gasteiger partial charge is 0.391 e. The van der Waals surface area contributed by atoms with Crippen molar-refractivity contribution in [2.75, 3.05) is 26.2 Å². The Morgan fingerprint density at radius 3 is 1.82 bits per heavy atom. The predicted octanol–water partition coefficient (Wildman–Crippen LogP) is -4.21. The van der Waals surface area contributed by atoms with Gasteiger partial charge in [-0.25, -0.2) is 13.6 Å². The van der Waals surface area contributed by atoms with Gasteiger partial charge in [0.25, 0.3) is 5.91 Å². The van der Waals surface area contributed by atoms with Crippen LogP contribution in [0.2, 0.25) is 0 Å². The van der Waals surface area contributed by atoms with Crippen LogP contribution in [0.1, 0.15) is 5.56 Å². The van der Waals surface area contributed by atoms with Gasteiger partial charge in [0.05, 0.1) is 31.1 Å². The van der Waals surface area contributed by atoms with Gasteiger partial charge in [-0.1, -0.05) is 17.3 Å². The minimum Gasteiger partial charge on any atom is -0.391 e. The average molecular weight is 485 g/mol. The summed E-state index contributed by atoms with van der Waals surface area (Å²) in [5.41, 5.74) is 5.42. The van der Waals surface area contributed by atoms with Gasteiger partial charge in [0, 0.05) is 0 Å². The highest BCUT2D eigenvalue weighted by atomic mass is 32.2. The Kier molecular flexibility index (Phi) is 10.9. The molecule has 8 N–H and O–H groups in total. The Hall–Kier alpha value is -4.05. The summed E-state index contributed by atoms with van der Waals surface area (Å²) in [6.07, 6.45) is 0.781. The first-order valence-electron chi connectivity index (χ1n) is 9.10. The van der Waals surface area contributed by atoms with E-state index in [1.54, 1.807) is 0 Å². The maximum absolute atomic E-state index is 11.6. The molecule has 0 fully saturated rings. The number of primary sulfonamides is 1. The van der Waals surface area contributed by atoms with Crippen LogP contribution in [0.5, 0.6) is 0 Å². The van der Waals surface area contributed by atoms with Gasteiger partial charge in [-0.2, -0.15) is 0 Å². The van der Waals surface area contributed by atoms with Gasteiger partial charge in [0.1, 0.15) is 12.8 Å². The number of sulfonamides is 1. The Balaban J connectivity index is 2.21. The van der Waals surface area contributed by atoms with Crippen molar-refractivity contribution in [1.29, 1.82) is 0 Å². The van der Waals surface area contributed by atoms with E-state index in [1.165, 1.54) is 24.3 Å². The molecule has 0 aliphatic rings. The molecular formula is C17H23N7O8S. The van der Waals surface area contributed by atoms with Gasteiger partial charge in [-0.05, 0) is 17.7 Å². The standard InChI is InChI=1S/C17H23N7O8S/c18-13(25)5-20-14(26)6-21-15(27)7-22-16(28)8-23-17(29)9-24-32-10-11-1-3-12(4-2-11)33(19,30)31/h1-4,9H,5-8,10H2,(H2,18,25)(H,20,26)(H,21,27)(H,22,28)(H,23,29)(H2,19,30,31)/b24-9+. The summed E-state index contributed by atoms with van der Waals surface area (Å²) in [6.45, 7) is -1.73. The molecule has 15 nitrogen and oxygen atoms in total. The molecule has 1 aromatic rings. The van der Waals surface area contributed by atoms with Crippen LogP contribution in [0.15, 0.2) is 34.3 Å². The predicted molar refractivity (Wildman–Crippen MR) is 112 cm³/mol. The molecule has 1 aromatic carbocycles. The molecule has 0 aromatic heterocycles. The first kappa shape index (κ1) is 27.0. The smallest absolute Gasteiger partial charge is 0.266 e. The number of hydrogen-bond acceptors (Lipinski definition) is 9. The molecular weight excluding hydrogens is 462 g/mol. The molecule has 0 spiro atoms. The van der Waals surface area contributed by atoms with E-state index >= 15 is 0 Å². The van der Waals surface area contributed by atoms with Crippen molar-refractivity contribution in [3.63, 3.8) is 0 Å². The van der Waals surface area contributed by atoms with Crippen LogP contribution in [-0.4, -0.2) is 70.3 Å². The lowest BCUT2D eigenvalue weighted by Crippen LogP contribution is -2.45. The van der Waals surface area contributed by atoms with E-state index < -0.39 is 59.2 Å². The second kappa shape index (κ2) is 13.4. The van der Waals surface area contributed by atoms with Gasteiger partial charge in [0.15, 0.2) is 0 Å². The van der Waals surface area contributed by atoms with Crippen LogP contribution < -0.4 is 32.1 Å². The number of nitrogens with one attached hydrogen (secondary N) is 4. The lowest BCUT2D eigenvalue weighted by Gasteiger charge is -2.07. The lowest BCUT2D eigenvalue weighted by molar-refractivity contribution is -0.128. The Labute approximate surface area is 188 Å². The summed E-state index contributed by atoms with van der Waals surface area (Å²) < 4.78 is 22.3. The van der Waals surface area contributed by atoms with Gasteiger partial charge in [0.2, 0.25) is 33.7 Å². The van der Waals surface area contributed by atoms with Gasteiger partial charge in [-0.3, -0.25) is 24.0 Å². The van der Waals surface area contributed by atoms with E-state index in [-0.39, 0.29) is 18.0 Å². The zero-order chi connectivity index (χ0) is 24.9. The topological polar surface area (TPSA) is 241 Å². The Morgan fingerprint density at radius 1 is 0.848 bits per heavy atom. The number of primary amides is 1. The quantitative estimate of drug-likeness (QED) is 0.118. The van der Waals surface area contributed by atoms with Gasteiger partial charge in [-0.15, -0.1) is 0 Å². The lowest BCUT2D eigenvalue weighted by atomic mass is 10.2. The van der Waals surface area contributed by atoms with Crippen LogP contribution in [0.3, 0.4) is 0 Å². The highest BCUT2D eigenvalue weighted by Crippen LogP contribution is 2.09. The minimum atomic E-state index is -3.80. The number of amides is 5. The molecule has 0 heterocycles. The fourth-order valence-corrected chi connectivity index (χ4v) is 2.43. The van der Waals surface area contributed by atoms with E-state index in [4.69, 9.17) is 15.7 Å². The maximum atomic E-state index is 11.6. The molecule has 0 atom stereocenters. The van der Waals surface area contributed by atoms with Gasteiger partial charge < -0.3 is 31.8 Å². The monoisotopic (exact) mass is 485 g/mol. The Morgan fingerprint density at radius 2 is 1.33 bits per heavy atom. The molecule has 0 bridgehead atoms. The number of nitrogens with zero attached hydrogens (tertiary/aromatic N) is 1. The van der Waals surface area contributed by atoms with Crippen LogP contribution >= 0.6 is 0 Å². The third kappa shape index (κ3) is 12.4. The van der Waals surface area contributed by atoms with E-state index in [0.717, 1.165) is 6.21 Å². The van der Waals surface area contributed by atoms with Crippen LogP contribution in [0.25, 0.3) is 0 Å². The SMILES string of the molecule is NC(=O)CNC(=O)CNC(=O)CNC(=O)CNC(=O)/C=N/OCc1ccc(S(N)(=O)=O)cc1. The molecule has 33 heavy (non-hydrogen) atoms. The number of rotatable bonds is 13. The zero-order valence-electron chi connectivity index (χ0n) is 17.2. The van der Waals surface area contributed by atoms with Gasteiger partial charge >= 0.3 is 0 Å². The first-order valence-corrected chi connectivity index (χ1v) is 10.7. The fraction of sp³-hybridized carbons (Fsp3) is 0.294. The molecule has 0 aliphatic heterocycles. The summed E-state index contributed by atoms with van der Waals surface area (Å²) in [4.78, 5) is 61.4. The normalized spacial score (nSPS) is 10.8. The molecule has 5 amide bonds. The van der Waals surface area contributed by atoms with Crippen molar-refractivity contribution in [2.24, 2.45) is 16.0 Å². The van der Waals surface area contributed by atoms with E-state index in [9.17, 15) is 32.4 Å². The van der Waals surface area contributed by atoms with E-state index in [0.29, 0.717) is 5.56 Å². The van der Waals surface area contributed by atoms with Crippen molar-refractivity contribution in [1.82, 2.24) is 21.3 Å². The molecule has 0 saturated heterocycles. The molecule has 180 valence electrons. The summed E-state index contributed by atoms with van der Waals surface area (Å²) in [6, 6.07) is 5.51. The second-order valence-corrected chi connectivity index (χ2v) is 7.77. The maximum Gasteiger partial charge on any atom is 0.266 e. The summed E-state index contributed by atoms with van der Waals surface area (Å²) >= 11 is 0. The number of oxime groups is 1. The number of carbonyl (C=O) groups is 5. The molecule has 0 saturated carbocycles. The fourth-order valence-electron chi connectivity index (χ4n) is 1.92. The number of nitrogens with two attached hydrogens (primary N) is 2. The number of benzene rings is 1. The third-order valence-corrected chi connectivity index (χ3v) is 4.43. The van der Waals surface area contributed by atoms with E-state index in [2.05, 4.69) is 26.4 Å². The molecule has 1 rings (SSSR count). The highest BCUT2D eigenvalue weighted by molar-refractivity contribution is 7.89. The average Bonchev–Trinajstić information content (AvgIpc) is 2.76. The van der Waals surface area contributed by atoms with Crippen LogP contribution in [0, 0.1) is 0 Å². The highest BCUT2D eigenvalue weighted by Gasteiger charge is 2.09. The first-order chi connectivity index (χ1) is 15.5. The van der Waals surface area contributed by atoms with Crippen molar-refractivity contribution in [3.8, 4) is 0 Å². The second-order valence-electron chi connectivity index (χ2n) is 6.21. The van der Waals surface area contributed by atoms with Crippen molar-refractivity contribution >= 4 is 45.8 Å².